The molecular weight excluding hydrogens is 293 g/mol. The Bertz CT molecular complexity index is 675. The molecule has 2 aromatic rings. The van der Waals surface area contributed by atoms with Crippen LogP contribution in [0.1, 0.15) is 19.4 Å². The average molecular weight is 306 g/mol. The van der Waals surface area contributed by atoms with E-state index in [0.717, 1.165) is 11.1 Å². The average Bonchev–Trinajstić information content (AvgIpc) is 2.39. The van der Waals surface area contributed by atoms with E-state index in [2.05, 4.69) is 6.07 Å². The Morgan fingerprint density at radius 1 is 1.10 bits per heavy atom. The highest BCUT2D eigenvalue weighted by molar-refractivity contribution is 6.36. The van der Waals surface area contributed by atoms with E-state index < -0.39 is 0 Å². The third-order valence-corrected chi connectivity index (χ3v) is 3.25. The Kier molecular flexibility index (Phi) is 4.54. The van der Waals surface area contributed by atoms with Crippen LogP contribution in [0.5, 0.6) is 5.75 Å². The molecule has 0 bridgehead atoms. The largest absolute Gasteiger partial charge is 0.490 e. The van der Waals surface area contributed by atoms with Crippen molar-refractivity contribution in [2.45, 2.75) is 20.0 Å². The monoisotopic (exact) mass is 305 g/mol. The van der Waals surface area contributed by atoms with Gasteiger partial charge < -0.3 is 4.74 Å². The molecule has 0 unspecified atom stereocenters. The summed E-state index contributed by atoms with van der Waals surface area (Å²) in [5.74, 6) is 0.580. The summed E-state index contributed by atoms with van der Waals surface area (Å²) in [6.07, 6.45) is 0.0204. The lowest BCUT2D eigenvalue weighted by Gasteiger charge is -2.12. The van der Waals surface area contributed by atoms with Gasteiger partial charge in [-0.2, -0.15) is 5.26 Å². The van der Waals surface area contributed by atoms with Crippen LogP contribution in [0.4, 0.5) is 0 Å². The van der Waals surface area contributed by atoms with Crippen molar-refractivity contribution in [1.29, 1.82) is 5.26 Å². The summed E-state index contributed by atoms with van der Waals surface area (Å²) >= 11 is 12.1. The number of nitrogens with zero attached hydrogens (tertiary/aromatic N) is 1. The second kappa shape index (κ2) is 6.17. The molecule has 0 aliphatic carbocycles. The van der Waals surface area contributed by atoms with E-state index in [1.54, 1.807) is 24.3 Å². The second-order valence-electron chi connectivity index (χ2n) is 4.61. The summed E-state index contributed by atoms with van der Waals surface area (Å²) in [6, 6.07) is 12.9. The van der Waals surface area contributed by atoms with Gasteiger partial charge in [0.2, 0.25) is 0 Å². The van der Waals surface area contributed by atoms with Crippen molar-refractivity contribution in [2.75, 3.05) is 0 Å². The number of nitriles is 1. The smallest absolute Gasteiger partial charge is 0.137 e. The van der Waals surface area contributed by atoms with E-state index in [-0.39, 0.29) is 6.10 Å². The maximum Gasteiger partial charge on any atom is 0.137 e. The first kappa shape index (κ1) is 14.7. The predicted octanol–water partition coefficient (Wildman–Crippen LogP) is 5.32. The normalized spacial score (nSPS) is 10.4. The van der Waals surface area contributed by atoms with Gasteiger partial charge in [0, 0.05) is 15.6 Å². The van der Waals surface area contributed by atoms with Crippen molar-refractivity contribution < 1.29 is 4.74 Å². The van der Waals surface area contributed by atoms with Gasteiger partial charge in [0.05, 0.1) is 11.7 Å². The van der Waals surface area contributed by atoms with Crippen LogP contribution >= 0.6 is 23.2 Å². The molecule has 0 N–H and O–H groups in total. The zero-order chi connectivity index (χ0) is 14.7. The first-order valence-corrected chi connectivity index (χ1v) is 6.93. The fourth-order valence-electron chi connectivity index (χ4n) is 1.87. The van der Waals surface area contributed by atoms with E-state index in [4.69, 9.17) is 27.9 Å². The first-order valence-electron chi connectivity index (χ1n) is 6.17. The molecular formula is C16H13Cl2NO. The van der Waals surface area contributed by atoms with Gasteiger partial charge >= 0.3 is 0 Å². The lowest BCUT2D eigenvalue weighted by Crippen LogP contribution is -2.06. The quantitative estimate of drug-likeness (QED) is 0.769. The summed E-state index contributed by atoms with van der Waals surface area (Å²) in [5.41, 5.74) is 2.19. The molecule has 0 aliphatic heterocycles. The molecule has 0 radical (unpaired) electrons. The maximum absolute atomic E-state index is 9.23. The van der Waals surface area contributed by atoms with Crippen molar-refractivity contribution >= 4 is 23.2 Å². The minimum absolute atomic E-state index is 0.0204. The van der Waals surface area contributed by atoms with Crippen LogP contribution in [-0.2, 0) is 0 Å². The number of ether oxygens (including phenoxy) is 1. The number of halogens is 2. The summed E-state index contributed by atoms with van der Waals surface area (Å²) in [5, 5.41) is 10.4. The molecule has 4 heteroatoms. The SMILES string of the molecule is CC(C)Oc1ccc(-c2ccc(Cl)cc2Cl)cc1C#N. The molecule has 0 aliphatic rings. The van der Waals surface area contributed by atoms with Crippen molar-refractivity contribution in [3.63, 3.8) is 0 Å². The standard InChI is InChI=1S/C16H13Cl2NO/c1-10(2)20-16-6-3-11(7-12(16)9-19)14-5-4-13(17)8-15(14)18/h3-8,10H,1-2H3. The van der Waals surface area contributed by atoms with Crippen LogP contribution in [-0.4, -0.2) is 6.10 Å². The third-order valence-electron chi connectivity index (χ3n) is 2.70. The molecule has 0 spiro atoms. The van der Waals surface area contributed by atoms with E-state index >= 15 is 0 Å². The van der Waals surface area contributed by atoms with E-state index in [1.807, 2.05) is 26.0 Å². The van der Waals surface area contributed by atoms with Crippen molar-refractivity contribution in [1.82, 2.24) is 0 Å². The zero-order valence-electron chi connectivity index (χ0n) is 11.2. The molecule has 0 atom stereocenters. The van der Waals surface area contributed by atoms with Crippen LogP contribution in [0, 0.1) is 11.3 Å². The fraction of sp³-hybridized carbons (Fsp3) is 0.188. The van der Waals surface area contributed by atoms with Gasteiger partial charge in [-0.15, -0.1) is 0 Å². The van der Waals surface area contributed by atoms with Crippen molar-refractivity contribution in [2.24, 2.45) is 0 Å². The molecule has 0 fully saturated rings. The summed E-state index contributed by atoms with van der Waals surface area (Å²) in [6.45, 7) is 3.84. The molecule has 20 heavy (non-hydrogen) atoms. The topological polar surface area (TPSA) is 33.0 Å². The Morgan fingerprint density at radius 2 is 1.85 bits per heavy atom. The summed E-state index contributed by atoms with van der Waals surface area (Å²) in [4.78, 5) is 0. The molecule has 102 valence electrons. The highest BCUT2D eigenvalue weighted by Gasteiger charge is 2.10. The molecule has 2 aromatic carbocycles. The molecule has 0 heterocycles. The van der Waals surface area contributed by atoms with E-state index in [9.17, 15) is 5.26 Å². The van der Waals surface area contributed by atoms with E-state index in [0.29, 0.717) is 21.4 Å². The molecule has 0 amide bonds. The van der Waals surface area contributed by atoms with Gasteiger partial charge in [-0.25, -0.2) is 0 Å². The minimum Gasteiger partial charge on any atom is -0.490 e. The van der Waals surface area contributed by atoms with Crippen molar-refractivity contribution in [3.8, 4) is 22.9 Å². The lowest BCUT2D eigenvalue weighted by molar-refractivity contribution is 0.242. The highest BCUT2D eigenvalue weighted by Crippen LogP contribution is 2.33. The Balaban J connectivity index is 2.46. The Morgan fingerprint density at radius 3 is 2.45 bits per heavy atom. The Labute approximate surface area is 128 Å². The summed E-state index contributed by atoms with van der Waals surface area (Å²) in [7, 11) is 0. The van der Waals surface area contributed by atoms with Gasteiger partial charge in [0.1, 0.15) is 11.8 Å². The Hall–Kier alpha value is -1.69. The van der Waals surface area contributed by atoms with Gasteiger partial charge in [0.25, 0.3) is 0 Å². The van der Waals surface area contributed by atoms with E-state index in [1.165, 1.54) is 0 Å². The van der Waals surface area contributed by atoms with Gasteiger partial charge in [-0.1, -0.05) is 35.3 Å². The van der Waals surface area contributed by atoms with Crippen LogP contribution < -0.4 is 4.74 Å². The lowest BCUT2D eigenvalue weighted by atomic mass is 10.0. The number of hydrogen-bond acceptors (Lipinski definition) is 2. The predicted molar refractivity (Wildman–Crippen MR) is 82.4 cm³/mol. The molecule has 2 nitrogen and oxygen atoms in total. The number of hydrogen-bond donors (Lipinski definition) is 0. The maximum atomic E-state index is 9.23. The molecule has 0 aromatic heterocycles. The van der Waals surface area contributed by atoms with Crippen LogP contribution in [0.2, 0.25) is 10.0 Å². The fourth-order valence-corrected chi connectivity index (χ4v) is 2.38. The minimum atomic E-state index is 0.0204. The van der Waals surface area contributed by atoms with Gasteiger partial charge in [-0.05, 0) is 43.7 Å². The van der Waals surface area contributed by atoms with Crippen LogP contribution in [0.3, 0.4) is 0 Å². The third kappa shape index (κ3) is 3.25. The molecule has 0 saturated heterocycles. The molecule has 0 saturated carbocycles. The van der Waals surface area contributed by atoms with Crippen LogP contribution in [0.25, 0.3) is 11.1 Å². The zero-order valence-corrected chi connectivity index (χ0v) is 12.7. The first-order chi connectivity index (χ1) is 9.51. The number of benzene rings is 2. The van der Waals surface area contributed by atoms with Gasteiger partial charge in [-0.3, -0.25) is 0 Å². The van der Waals surface area contributed by atoms with Gasteiger partial charge in [0.15, 0.2) is 0 Å². The second-order valence-corrected chi connectivity index (χ2v) is 5.46. The summed E-state index contributed by atoms with van der Waals surface area (Å²) < 4.78 is 5.60. The number of rotatable bonds is 3. The van der Waals surface area contributed by atoms with Crippen LogP contribution in [0.15, 0.2) is 36.4 Å². The molecule has 2 rings (SSSR count). The highest BCUT2D eigenvalue weighted by atomic mass is 35.5. The van der Waals surface area contributed by atoms with Crippen molar-refractivity contribution in [3.05, 3.63) is 52.0 Å².